The van der Waals surface area contributed by atoms with Crippen LogP contribution in [-0.2, 0) is 0 Å². The van der Waals surface area contributed by atoms with Crippen LogP contribution in [-0.4, -0.2) is 20.1 Å². The first-order chi connectivity index (χ1) is 9.60. The summed E-state index contributed by atoms with van der Waals surface area (Å²) < 4.78 is 5.27. The van der Waals surface area contributed by atoms with Crippen LogP contribution in [0.2, 0.25) is 0 Å². The molecule has 0 saturated carbocycles. The minimum Gasteiger partial charge on any atom is -0.423 e. The fraction of sp³-hybridized carbons (Fsp3) is 0.125. The van der Waals surface area contributed by atoms with E-state index in [9.17, 15) is 4.79 Å². The molecule has 0 spiro atoms. The van der Waals surface area contributed by atoms with Gasteiger partial charge in [0.15, 0.2) is 0 Å². The third-order valence-corrected chi connectivity index (χ3v) is 2.79. The van der Waals surface area contributed by atoms with Crippen LogP contribution in [0, 0.1) is 11.3 Å². The lowest BCUT2D eigenvalue weighted by Gasteiger charge is -2.13. The summed E-state index contributed by atoms with van der Waals surface area (Å²) in [5, 5.41) is 8.71. The van der Waals surface area contributed by atoms with Crippen molar-refractivity contribution in [2.75, 3.05) is 19.0 Å². The van der Waals surface area contributed by atoms with Gasteiger partial charge in [-0.3, -0.25) is 0 Å². The Kier molecular flexibility index (Phi) is 4.02. The second-order valence-corrected chi connectivity index (χ2v) is 4.47. The van der Waals surface area contributed by atoms with Crippen LogP contribution in [0.3, 0.4) is 0 Å². The van der Waals surface area contributed by atoms with Gasteiger partial charge >= 0.3 is 5.97 Å². The summed E-state index contributed by atoms with van der Waals surface area (Å²) in [6.07, 6.45) is 0. The van der Waals surface area contributed by atoms with Gasteiger partial charge in [-0.15, -0.1) is 0 Å². The van der Waals surface area contributed by atoms with Gasteiger partial charge in [0, 0.05) is 19.8 Å². The smallest absolute Gasteiger partial charge is 0.343 e. The maximum Gasteiger partial charge on any atom is 0.343 e. The lowest BCUT2D eigenvalue weighted by molar-refractivity contribution is 0.0735. The number of ether oxygens (including phenoxy) is 1. The van der Waals surface area contributed by atoms with Gasteiger partial charge in [-0.1, -0.05) is 6.07 Å². The Morgan fingerprint density at radius 1 is 1.15 bits per heavy atom. The summed E-state index contributed by atoms with van der Waals surface area (Å²) in [4.78, 5) is 14.0. The molecule has 0 bridgehead atoms. The van der Waals surface area contributed by atoms with Crippen LogP contribution < -0.4 is 9.64 Å². The number of nitrogens with zero attached hydrogens (tertiary/aromatic N) is 2. The average molecular weight is 266 g/mol. The molecule has 0 aliphatic rings. The summed E-state index contributed by atoms with van der Waals surface area (Å²) >= 11 is 0. The third-order valence-electron chi connectivity index (χ3n) is 2.79. The SMILES string of the molecule is CN(C)c1cccc(C(=O)Oc2ccc(C#N)cc2)c1. The fourth-order valence-electron chi connectivity index (χ4n) is 1.67. The molecule has 100 valence electrons. The molecular weight excluding hydrogens is 252 g/mol. The molecule has 0 amide bonds. The Labute approximate surface area is 117 Å². The number of carbonyl (C=O) groups excluding carboxylic acids is 1. The molecule has 0 fully saturated rings. The molecule has 20 heavy (non-hydrogen) atoms. The van der Waals surface area contributed by atoms with Crippen molar-refractivity contribution in [1.29, 1.82) is 5.26 Å². The first-order valence-electron chi connectivity index (χ1n) is 6.10. The van der Waals surface area contributed by atoms with Crippen molar-refractivity contribution < 1.29 is 9.53 Å². The maximum absolute atomic E-state index is 12.0. The molecule has 0 unspecified atom stereocenters. The number of benzene rings is 2. The number of nitriles is 1. The van der Waals surface area contributed by atoms with Gasteiger partial charge in [0.05, 0.1) is 17.2 Å². The van der Waals surface area contributed by atoms with Gasteiger partial charge in [-0.25, -0.2) is 4.79 Å². The van der Waals surface area contributed by atoms with E-state index in [0.717, 1.165) is 5.69 Å². The number of carbonyl (C=O) groups is 1. The number of hydrogen-bond donors (Lipinski definition) is 0. The van der Waals surface area contributed by atoms with E-state index >= 15 is 0 Å². The highest BCUT2D eigenvalue weighted by atomic mass is 16.5. The van der Waals surface area contributed by atoms with Crippen molar-refractivity contribution in [3.8, 4) is 11.8 Å². The first kappa shape index (κ1) is 13.6. The van der Waals surface area contributed by atoms with Gasteiger partial charge in [0.2, 0.25) is 0 Å². The van der Waals surface area contributed by atoms with Crippen molar-refractivity contribution in [3.63, 3.8) is 0 Å². The second kappa shape index (κ2) is 5.89. The highest BCUT2D eigenvalue weighted by Gasteiger charge is 2.09. The molecule has 2 aromatic rings. The first-order valence-corrected chi connectivity index (χ1v) is 6.10. The normalized spacial score (nSPS) is 9.65. The molecule has 4 heteroatoms. The topological polar surface area (TPSA) is 53.3 Å². The Balaban J connectivity index is 2.15. The van der Waals surface area contributed by atoms with Gasteiger partial charge < -0.3 is 9.64 Å². The van der Waals surface area contributed by atoms with E-state index in [2.05, 4.69) is 0 Å². The molecular formula is C16H14N2O2. The minimum absolute atomic E-state index is 0.418. The zero-order valence-electron chi connectivity index (χ0n) is 11.3. The van der Waals surface area contributed by atoms with Crippen LogP contribution in [0.4, 0.5) is 5.69 Å². The van der Waals surface area contributed by atoms with E-state index in [-0.39, 0.29) is 0 Å². The molecule has 0 N–H and O–H groups in total. The third kappa shape index (κ3) is 3.15. The molecule has 0 aromatic heterocycles. The van der Waals surface area contributed by atoms with Crippen molar-refractivity contribution in [2.45, 2.75) is 0 Å². The lowest BCUT2D eigenvalue weighted by Crippen LogP contribution is -2.12. The summed E-state index contributed by atoms with van der Waals surface area (Å²) in [6, 6.07) is 15.6. The van der Waals surface area contributed by atoms with Crippen molar-refractivity contribution in [1.82, 2.24) is 0 Å². The van der Waals surface area contributed by atoms with Crippen LogP contribution in [0.5, 0.6) is 5.75 Å². The Morgan fingerprint density at radius 2 is 1.85 bits per heavy atom. The van der Waals surface area contributed by atoms with E-state index in [1.165, 1.54) is 0 Å². The molecule has 0 saturated heterocycles. The Morgan fingerprint density at radius 3 is 2.45 bits per heavy atom. The van der Waals surface area contributed by atoms with E-state index in [0.29, 0.717) is 16.9 Å². The van der Waals surface area contributed by atoms with Crippen LogP contribution in [0.15, 0.2) is 48.5 Å². The number of anilines is 1. The summed E-state index contributed by atoms with van der Waals surface area (Å²) in [7, 11) is 3.82. The minimum atomic E-state index is -0.418. The highest BCUT2D eigenvalue weighted by molar-refractivity contribution is 5.92. The van der Waals surface area contributed by atoms with Gasteiger partial charge in [0.1, 0.15) is 5.75 Å². The van der Waals surface area contributed by atoms with Crippen LogP contribution in [0.25, 0.3) is 0 Å². The number of hydrogen-bond acceptors (Lipinski definition) is 4. The van der Waals surface area contributed by atoms with E-state index < -0.39 is 5.97 Å². The lowest BCUT2D eigenvalue weighted by atomic mass is 10.2. The summed E-state index contributed by atoms with van der Waals surface area (Å²) in [5.74, 6) is 0.00247. The van der Waals surface area contributed by atoms with Gasteiger partial charge in [0.25, 0.3) is 0 Å². The highest BCUT2D eigenvalue weighted by Crippen LogP contribution is 2.17. The van der Waals surface area contributed by atoms with Crippen LogP contribution in [0.1, 0.15) is 15.9 Å². The summed E-state index contributed by atoms with van der Waals surface area (Å²) in [5.41, 5.74) is 1.94. The molecule has 2 aromatic carbocycles. The van der Waals surface area contributed by atoms with E-state index in [1.54, 1.807) is 36.4 Å². The van der Waals surface area contributed by atoms with Crippen molar-refractivity contribution in [3.05, 3.63) is 59.7 Å². The van der Waals surface area contributed by atoms with E-state index in [1.807, 2.05) is 37.2 Å². The number of esters is 1. The maximum atomic E-state index is 12.0. The zero-order chi connectivity index (χ0) is 14.5. The Hall–Kier alpha value is -2.80. The molecule has 4 nitrogen and oxygen atoms in total. The summed E-state index contributed by atoms with van der Waals surface area (Å²) in [6.45, 7) is 0. The molecule has 0 heterocycles. The largest absolute Gasteiger partial charge is 0.423 e. The van der Waals surface area contributed by atoms with Crippen molar-refractivity contribution in [2.24, 2.45) is 0 Å². The zero-order valence-corrected chi connectivity index (χ0v) is 11.3. The predicted molar refractivity (Wildman–Crippen MR) is 76.9 cm³/mol. The molecule has 0 atom stereocenters. The van der Waals surface area contributed by atoms with Gasteiger partial charge in [-0.2, -0.15) is 5.26 Å². The Bertz CT molecular complexity index is 655. The molecule has 0 aliphatic heterocycles. The predicted octanol–water partition coefficient (Wildman–Crippen LogP) is 2.84. The van der Waals surface area contributed by atoms with Gasteiger partial charge in [-0.05, 0) is 42.5 Å². The molecule has 0 aliphatic carbocycles. The average Bonchev–Trinajstić information content (AvgIpc) is 2.48. The fourth-order valence-corrected chi connectivity index (χ4v) is 1.67. The molecule has 0 radical (unpaired) electrons. The standard InChI is InChI=1S/C16H14N2O2/c1-18(2)14-5-3-4-13(10-14)16(19)20-15-8-6-12(11-17)7-9-15/h3-10H,1-2H3. The second-order valence-electron chi connectivity index (χ2n) is 4.47. The number of rotatable bonds is 3. The van der Waals surface area contributed by atoms with Crippen molar-refractivity contribution >= 4 is 11.7 Å². The quantitative estimate of drug-likeness (QED) is 0.633. The van der Waals surface area contributed by atoms with E-state index in [4.69, 9.17) is 10.00 Å². The monoisotopic (exact) mass is 266 g/mol. The molecule has 2 rings (SSSR count). The van der Waals surface area contributed by atoms with Crippen LogP contribution >= 0.6 is 0 Å².